The number of benzene rings is 1. The van der Waals surface area contributed by atoms with Crippen molar-refractivity contribution in [2.24, 2.45) is 7.05 Å². The van der Waals surface area contributed by atoms with Crippen LogP contribution in [-0.4, -0.2) is 53.0 Å². The van der Waals surface area contributed by atoms with Gasteiger partial charge in [-0.25, -0.2) is 13.4 Å². The monoisotopic (exact) mass is 347 g/mol. The first kappa shape index (κ1) is 16.1. The van der Waals surface area contributed by atoms with Gasteiger partial charge in [-0.3, -0.25) is 0 Å². The van der Waals surface area contributed by atoms with E-state index in [1.807, 2.05) is 18.2 Å². The van der Waals surface area contributed by atoms with E-state index in [1.165, 1.54) is 0 Å². The Labute approximate surface area is 143 Å². The number of fused-ring (bicyclic) bond motifs is 1. The summed E-state index contributed by atoms with van der Waals surface area (Å²) in [5.41, 5.74) is 2.18. The second-order valence-electron chi connectivity index (χ2n) is 7.27. The summed E-state index contributed by atoms with van der Waals surface area (Å²) in [7, 11) is -0.873. The Morgan fingerprint density at radius 1 is 1.17 bits per heavy atom. The van der Waals surface area contributed by atoms with Crippen molar-refractivity contribution in [1.82, 2.24) is 14.5 Å². The number of aryl methyl sites for hydroxylation is 1. The van der Waals surface area contributed by atoms with Gasteiger partial charge >= 0.3 is 0 Å². The van der Waals surface area contributed by atoms with Crippen molar-refractivity contribution < 1.29 is 8.42 Å². The third-order valence-electron chi connectivity index (χ3n) is 6.02. The SMILES string of the molecule is Cn1c(CCN2CCC3(CCC3)S(=O)(=O)CC2)nc2ccccc21. The van der Waals surface area contributed by atoms with Crippen LogP contribution in [0.1, 0.15) is 31.5 Å². The third kappa shape index (κ3) is 2.56. The van der Waals surface area contributed by atoms with E-state index in [0.29, 0.717) is 12.3 Å². The van der Waals surface area contributed by atoms with Gasteiger partial charge in [-0.1, -0.05) is 18.6 Å². The smallest absolute Gasteiger partial charge is 0.157 e. The Morgan fingerprint density at radius 2 is 1.96 bits per heavy atom. The molecule has 2 heterocycles. The minimum absolute atomic E-state index is 0.315. The molecule has 0 atom stereocenters. The second-order valence-corrected chi connectivity index (χ2v) is 9.78. The molecule has 2 aromatic rings. The van der Waals surface area contributed by atoms with E-state index in [2.05, 4.69) is 22.6 Å². The van der Waals surface area contributed by atoms with Crippen molar-refractivity contribution in [3.63, 3.8) is 0 Å². The molecule has 1 spiro atoms. The van der Waals surface area contributed by atoms with Crippen LogP contribution < -0.4 is 0 Å². The lowest BCUT2D eigenvalue weighted by molar-refractivity contribution is 0.249. The van der Waals surface area contributed by atoms with Crippen molar-refractivity contribution in [3.05, 3.63) is 30.1 Å². The van der Waals surface area contributed by atoms with Crippen LogP contribution in [0.4, 0.5) is 0 Å². The average Bonchev–Trinajstić information content (AvgIpc) is 2.76. The zero-order valence-electron chi connectivity index (χ0n) is 14.2. The molecule has 0 radical (unpaired) electrons. The lowest BCUT2D eigenvalue weighted by Crippen LogP contribution is -2.46. The van der Waals surface area contributed by atoms with E-state index in [0.717, 1.165) is 62.1 Å². The van der Waals surface area contributed by atoms with Crippen molar-refractivity contribution >= 4 is 20.9 Å². The lowest BCUT2D eigenvalue weighted by atomic mass is 9.81. The van der Waals surface area contributed by atoms with Crippen molar-refractivity contribution in [3.8, 4) is 0 Å². The number of imidazole rings is 1. The number of rotatable bonds is 3. The van der Waals surface area contributed by atoms with Crippen molar-refractivity contribution in [2.45, 2.75) is 36.9 Å². The summed E-state index contributed by atoms with van der Waals surface area (Å²) in [6.07, 6.45) is 4.47. The van der Waals surface area contributed by atoms with Crippen LogP contribution in [0.5, 0.6) is 0 Å². The van der Waals surface area contributed by atoms with Gasteiger partial charge < -0.3 is 9.47 Å². The van der Waals surface area contributed by atoms with Crippen LogP contribution in [0.2, 0.25) is 0 Å². The molecule has 0 bridgehead atoms. The first-order valence-corrected chi connectivity index (χ1v) is 10.5. The minimum atomic E-state index is -2.93. The second kappa shape index (κ2) is 5.85. The van der Waals surface area contributed by atoms with Gasteiger partial charge in [0.1, 0.15) is 5.82 Å². The fourth-order valence-electron chi connectivity index (χ4n) is 4.13. The number of hydrogen-bond acceptors (Lipinski definition) is 4. The van der Waals surface area contributed by atoms with Crippen LogP contribution in [0.3, 0.4) is 0 Å². The summed E-state index contributed by atoms with van der Waals surface area (Å²) in [6, 6.07) is 8.17. The molecule has 0 N–H and O–H groups in total. The predicted octanol–water partition coefficient (Wildman–Crippen LogP) is 2.16. The van der Waals surface area contributed by atoms with Gasteiger partial charge in [0, 0.05) is 26.6 Å². The summed E-state index contributed by atoms with van der Waals surface area (Å²) in [6.45, 7) is 2.43. The van der Waals surface area contributed by atoms with E-state index in [1.54, 1.807) is 0 Å². The molecule has 130 valence electrons. The molecule has 1 saturated carbocycles. The highest BCUT2D eigenvalue weighted by Crippen LogP contribution is 2.43. The lowest BCUT2D eigenvalue weighted by Gasteiger charge is -2.40. The molecule has 1 aromatic heterocycles. The number of aromatic nitrogens is 2. The van der Waals surface area contributed by atoms with Gasteiger partial charge in [0.05, 0.1) is 21.5 Å². The minimum Gasteiger partial charge on any atom is -0.331 e. The number of nitrogens with zero attached hydrogens (tertiary/aromatic N) is 3. The average molecular weight is 347 g/mol. The fraction of sp³-hybridized carbons (Fsp3) is 0.611. The fourth-order valence-corrected chi connectivity index (χ4v) is 6.37. The summed E-state index contributed by atoms with van der Waals surface area (Å²) < 4.78 is 26.9. The predicted molar refractivity (Wildman–Crippen MR) is 95.8 cm³/mol. The standard InChI is InChI=1S/C18H25N3O2S/c1-20-16-6-3-2-5-15(16)19-17(20)7-11-21-12-10-18(8-4-9-18)24(22,23)14-13-21/h2-3,5-6H,4,7-14H2,1H3. The largest absolute Gasteiger partial charge is 0.331 e. The van der Waals surface area contributed by atoms with Crippen molar-refractivity contribution in [1.29, 1.82) is 0 Å². The zero-order valence-corrected chi connectivity index (χ0v) is 15.1. The first-order chi connectivity index (χ1) is 11.5. The Hall–Kier alpha value is -1.40. The highest BCUT2D eigenvalue weighted by Gasteiger charge is 2.49. The van der Waals surface area contributed by atoms with Crippen LogP contribution >= 0.6 is 0 Å². The molecule has 0 unspecified atom stereocenters. The van der Waals surface area contributed by atoms with E-state index in [9.17, 15) is 8.42 Å². The molecule has 1 aromatic carbocycles. The van der Waals surface area contributed by atoms with Gasteiger partial charge in [0.2, 0.25) is 0 Å². The van der Waals surface area contributed by atoms with Crippen LogP contribution in [0.15, 0.2) is 24.3 Å². The van der Waals surface area contributed by atoms with Crippen LogP contribution in [-0.2, 0) is 23.3 Å². The van der Waals surface area contributed by atoms with E-state index >= 15 is 0 Å². The molecular weight excluding hydrogens is 322 g/mol. The molecule has 2 aliphatic rings. The molecule has 2 fully saturated rings. The first-order valence-electron chi connectivity index (χ1n) is 8.86. The van der Waals surface area contributed by atoms with E-state index in [-0.39, 0.29) is 4.75 Å². The van der Waals surface area contributed by atoms with Gasteiger partial charge in [0.15, 0.2) is 9.84 Å². The molecule has 0 amide bonds. The molecule has 1 aliphatic heterocycles. The van der Waals surface area contributed by atoms with Crippen molar-refractivity contribution in [2.75, 3.05) is 25.4 Å². The normalized spacial score (nSPS) is 23.2. The Kier molecular flexibility index (Phi) is 3.92. The number of para-hydroxylation sites is 2. The summed E-state index contributed by atoms with van der Waals surface area (Å²) >= 11 is 0. The maximum absolute atomic E-state index is 12.6. The Bertz CT molecular complexity index is 852. The quantitative estimate of drug-likeness (QED) is 0.854. The Balaban J connectivity index is 1.45. The molecule has 4 rings (SSSR count). The van der Waals surface area contributed by atoms with E-state index in [4.69, 9.17) is 4.98 Å². The number of sulfone groups is 1. The molecule has 5 nitrogen and oxygen atoms in total. The summed E-state index contributed by atoms with van der Waals surface area (Å²) in [5, 5.41) is 0. The maximum atomic E-state index is 12.6. The molecular formula is C18H25N3O2S. The van der Waals surface area contributed by atoms with E-state index < -0.39 is 9.84 Å². The van der Waals surface area contributed by atoms with Crippen LogP contribution in [0.25, 0.3) is 11.0 Å². The van der Waals surface area contributed by atoms with Gasteiger partial charge in [-0.15, -0.1) is 0 Å². The molecule has 24 heavy (non-hydrogen) atoms. The topological polar surface area (TPSA) is 55.2 Å². The third-order valence-corrected chi connectivity index (χ3v) is 8.67. The number of hydrogen-bond donors (Lipinski definition) is 0. The highest BCUT2D eigenvalue weighted by molar-refractivity contribution is 7.92. The van der Waals surface area contributed by atoms with Gasteiger partial charge in [-0.05, 0) is 37.9 Å². The van der Waals surface area contributed by atoms with Gasteiger partial charge in [-0.2, -0.15) is 0 Å². The molecule has 6 heteroatoms. The molecule has 1 saturated heterocycles. The highest BCUT2D eigenvalue weighted by atomic mass is 32.2. The summed E-state index contributed by atoms with van der Waals surface area (Å²) in [5.74, 6) is 1.39. The van der Waals surface area contributed by atoms with Crippen LogP contribution in [0, 0.1) is 0 Å². The summed E-state index contributed by atoms with van der Waals surface area (Å²) in [4.78, 5) is 7.03. The molecule has 1 aliphatic carbocycles. The Morgan fingerprint density at radius 3 is 2.67 bits per heavy atom. The zero-order chi connectivity index (χ0) is 16.8. The maximum Gasteiger partial charge on any atom is 0.157 e. The van der Waals surface area contributed by atoms with Gasteiger partial charge in [0.25, 0.3) is 0 Å².